The molecule has 5 N–H and O–H groups in total. The van der Waals surface area contributed by atoms with Crippen molar-refractivity contribution in [3.05, 3.63) is 0 Å². The lowest BCUT2D eigenvalue weighted by Crippen LogP contribution is -2.54. The Labute approximate surface area is 128 Å². The first-order chi connectivity index (χ1) is 10.2. The molecule has 21 heavy (non-hydrogen) atoms. The highest BCUT2D eigenvalue weighted by molar-refractivity contribution is 4.96. The van der Waals surface area contributed by atoms with E-state index in [1.165, 1.54) is 25.7 Å². The number of nitrogens with zero attached hydrogens (tertiary/aromatic N) is 1. The van der Waals surface area contributed by atoms with E-state index in [4.69, 9.17) is 5.73 Å². The Bertz CT molecular complexity index is 320. The fourth-order valence-corrected chi connectivity index (χ4v) is 4.76. The summed E-state index contributed by atoms with van der Waals surface area (Å²) in [6.45, 7) is 2.71. The number of aliphatic hydroxyl groups is 1. The normalized spacial score (nSPS) is 37.6. The van der Waals surface area contributed by atoms with Crippen molar-refractivity contribution in [1.29, 1.82) is 0 Å². The summed E-state index contributed by atoms with van der Waals surface area (Å²) in [7, 11) is 2.26. The van der Waals surface area contributed by atoms with Crippen LogP contribution in [0.4, 0.5) is 0 Å². The molecule has 3 aliphatic rings. The van der Waals surface area contributed by atoms with Gasteiger partial charge < -0.3 is 21.1 Å². The Kier molecular flexibility index (Phi) is 5.17. The predicted octanol–water partition coefficient (Wildman–Crippen LogP) is 0.0941. The molecule has 0 radical (unpaired) electrons. The van der Waals surface area contributed by atoms with Crippen LogP contribution in [0.5, 0.6) is 0 Å². The molecule has 4 atom stereocenters. The first-order valence-corrected chi connectivity index (χ1v) is 8.76. The molecule has 3 fully saturated rings. The van der Waals surface area contributed by atoms with E-state index in [9.17, 15) is 5.11 Å². The summed E-state index contributed by atoms with van der Waals surface area (Å²) in [5, 5.41) is 17.6. The van der Waals surface area contributed by atoms with Gasteiger partial charge >= 0.3 is 0 Å². The molecule has 3 aliphatic heterocycles. The average Bonchev–Trinajstić information content (AvgIpc) is 2.72. The van der Waals surface area contributed by atoms with Crippen molar-refractivity contribution < 1.29 is 5.11 Å². The molecule has 122 valence electrons. The minimum atomic E-state index is -0.439. The molecule has 4 unspecified atom stereocenters. The lowest BCUT2D eigenvalue weighted by molar-refractivity contribution is 0.0159. The van der Waals surface area contributed by atoms with Crippen molar-refractivity contribution in [3.8, 4) is 0 Å². The minimum Gasteiger partial charge on any atom is -0.378 e. The zero-order valence-electron chi connectivity index (χ0n) is 13.3. The van der Waals surface area contributed by atoms with Crippen LogP contribution in [0.2, 0.25) is 0 Å². The van der Waals surface area contributed by atoms with Gasteiger partial charge in [0.15, 0.2) is 0 Å². The molecule has 3 saturated heterocycles. The van der Waals surface area contributed by atoms with Crippen molar-refractivity contribution in [2.45, 2.75) is 62.9 Å². The quantitative estimate of drug-likeness (QED) is 0.541. The van der Waals surface area contributed by atoms with E-state index < -0.39 is 6.23 Å². The van der Waals surface area contributed by atoms with Gasteiger partial charge in [0, 0.05) is 24.0 Å². The molecule has 3 rings (SSSR count). The second kappa shape index (κ2) is 6.92. The van der Waals surface area contributed by atoms with Crippen LogP contribution in [0.25, 0.3) is 0 Å². The van der Waals surface area contributed by atoms with Crippen LogP contribution in [0.3, 0.4) is 0 Å². The van der Waals surface area contributed by atoms with Crippen LogP contribution in [0.1, 0.15) is 38.5 Å². The number of hydrogen-bond donors (Lipinski definition) is 4. The zero-order chi connectivity index (χ0) is 14.8. The lowest BCUT2D eigenvalue weighted by Gasteiger charge is -2.40. The predicted molar refractivity (Wildman–Crippen MR) is 84.9 cm³/mol. The van der Waals surface area contributed by atoms with E-state index in [-0.39, 0.29) is 5.92 Å². The largest absolute Gasteiger partial charge is 0.378 e. The molecule has 0 aromatic heterocycles. The van der Waals surface area contributed by atoms with E-state index in [1.54, 1.807) is 0 Å². The Hall–Kier alpha value is -0.200. The fourth-order valence-electron chi connectivity index (χ4n) is 4.76. The third kappa shape index (κ3) is 3.42. The first-order valence-electron chi connectivity index (χ1n) is 8.76. The Morgan fingerprint density at radius 3 is 2.38 bits per heavy atom. The molecule has 0 amide bonds. The number of nitrogens with one attached hydrogen (secondary N) is 2. The summed E-state index contributed by atoms with van der Waals surface area (Å²) in [5.74, 6) is 0.756. The monoisotopic (exact) mass is 296 g/mol. The van der Waals surface area contributed by atoms with Gasteiger partial charge in [-0.1, -0.05) is 0 Å². The lowest BCUT2D eigenvalue weighted by atomic mass is 9.83. The van der Waals surface area contributed by atoms with E-state index in [2.05, 4.69) is 22.6 Å². The van der Waals surface area contributed by atoms with Gasteiger partial charge in [0.2, 0.25) is 0 Å². The van der Waals surface area contributed by atoms with Gasteiger partial charge in [0.05, 0.1) is 0 Å². The molecular weight excluding hydrogens is 264 g/mol. The van der Waals surface area contributed by atoms with Crippen molar-refractivity contribution in [2.24, 2.45) is 17.6 Å². The summed E-state index contributed by atoms with van der Waals surface area (Å²) in [6.07, 6.45) is 6.83. The second-order valence-corrected chi connectivity index (χ2v) is 7.32. The topological polar surface area (TPSA) is 73.5 Å². The standard InChI is InChI=1S/C16H32N4O/c1-20-13-2-3-14(20)9-12(8-13)19-16(21)15(10-17)11-4-6-18-7-5-11/h11-16,18-19,21H,2-10,17H2,1H3. The third-order valence-electron chi connectivity index (χ3n) is 6.17. The van der Waals surface area contributed by atoms with Crippen LogP contribution < -0.4 is 16.4 Å². The minimum absolute atomic E-state index is 0.199. The number of aliphatic hydroxyl groups excluding tert-OH is 1. The average molecular weight is 296 g/mol. The molecule has 3 heterocycles. The summed E-state index contributed by atoms with van der Waals surface area (Å²) in [5.41, 5.74) is 5.97. The fraction of sp³-hybridized carbons (Fsp3) is 1.00. The maximum atomic E-state index is 10.6. The molecule has 0 spiro atoms. The maximum absolute atomic E-state index is 10.6. The Morgan fingerprint density at radius 2 is 1.81 bits per heavy atom. The van der Waals surface area contributed by atoms with Gasteiger partial charge in [-0.05, 0) is 71.1 Å². The molecule has 0 aromatic rings. The molecule has 5 nitrogen and oxygen atoms in total. The molecule has 0 aromatic carbocycles. The second-order valence-electron chi connectivity index (χ2n) is 7.32. The van der Waals surface area contributed by atoms with Crippen molar-refractivity contribution in [1.82, 2.24) is 15.5 Å². The van der Waals surface area contributed by atoms with Gasteiger partial charge in [-0.2, -0.15) is 0 Å². The Balaban J connectivity index is 1.53. The van der Waals surface area contributed by atoms with Gasteiger partial charge in [-0.3, -0.25) is 5.32 Å². The maximum Gasteiger partial charge on any atom is 0.109 e. The smallest absolute Gasteiger partial charge is 0.109 e. The van der Waals surface area contributed by atoms with Crippen molar-refractivity contribution in [2.75, 3.05) is 26.7 Å². The van der Waals surface area contributed by atoms with Crippen molar-refractivity contribution >= 4 is 0 Å². The third-order valence-corrected chi connectivity index (χ3v) is 6.17. The van der Waals surface area contributed by atoms with Gasteiger partial charge in [-0.15, -0.1) is 0 Å². The Morgan fingerprint density at radius 1 is 1.19 bits per heavy atom. The van der Waals surface area contributed by atoms with E-state index >= 15 is 0 Å². The first kappa shape index (κ1) is 15.7. The highest BCUT2D eigenvalue weighted by Gasteiger charge is 2.39. The van der Waals surface area contributed by atoms with Gasteiger partial charge in [-0.25, -0.2) is 0 Å². The summed E-state index contributed by atoms with van der Waals surface area (Å²) in [4.78, 5) is 2.54. The van der Waals surface area contributed by atoms with E-state index in [0.717, 1.165) is 25.9 Å². The van der Waals surface area contributed by atoms with Crippen LogP contribution in [0.15, 0.2) is 0 Å². The van der Waals surface area contributed by atoms with Crippen molar-refractivity contribution in [3.63, 3.8) is 0 Å². The van der Waals surface area contributed by atoms with E-state index in [1.807, 2.05) is 0 Å². The molecule has 5 heteroatoms. The highest BCUT2D eigenvalue weighted by atomic mass is 16.3. The summed E-state index contributed by atoms with van der Waals surface area (Å²) >= 11 is 0. The number of piperidine rings is 2. The van der Waals surface area contributed by atoms with E-state index in [0.29, 0.717) is 30.6 Å². The number of hydrogen-bond acceptors (Lipinski definition) is 5. The van der Waals surface area contributed by atoms with Crippen LogP contribution in [-0.2, 0) is 0 Å². The molecular formula is C16H32N4O. The van der Waals surface area contributed by atoms with Crippen LogP contribution in [0, 0.1) is 11.8 Å². The summed E-state index contributed by atoms with van der Waals surface area (Å²) in [6, 6.07) is 1.89. The molecule has 0 aliphatic carbocycles. The highest BCUT2D eigenvalue weighted by Crippen LogP contribution is 2.34. The van der Waals surface area contributed by atoms with Crippen LogP contribution in [-0.4, -0.2) is 61.0 Å². The molecule has 2 bridgehead atoms. The summed E-state index contributed by atoms with van der Waals surface area (Å²) < 4.78 is 0. The number of fused-ring (bicyclic) bond motifs is 2. The van der Waals surface area contributed by atoms with Crippen LogP contribution >= 0.6 is 0 Å². The number of rotatable bonds is 5. The zero-order valence-corrected chi connectivity index (χ0v) is 13.3. The molecule has 0 saturated carbocycles. The van der Waals surface area contributed by atoms with Gasteiger partial charge in [0.25, 0.3) is 0 Å². The number of nitrogens with two attached hydrogens (primary N) is 1. The SMILES string of the molecule is CN1C2CCC1CC(NC(O)C(CN)C1CCNCC1)C2. The van der Waals surface area contributed by atoms with Gasteiger partial charge in [0.1, 0.15) is 6.23 Å².